The number of thiocarbonyl (C=S) groups is 1. The highest BCUT2D eigenvalue weighted by molar-refractivity contribution is 7.80. The molecule has 0 unspecified atom stereocenters. The Morgan fingerprint density at radius 1 is 1.06 bits per heavy atom. The van der Waals surface area contributed by atoms with Gasteiger partial charge in [0.05, 0.1) is 0 Å². The monoisotopic (exact) mass is 472 g/mol. The van der Waals surface area contributed by atoms with E-state index in [1.165, 1.54) is 10.9 Å². The fraction of sp³-hybridized carbons (Fsp3) is 0.333. The summed E-state index contributed by atoms with van der Waals surface area (Å²) in [5, 5.41) is 11.7. The minimum Gasteiger partial charge on any atom is -0.444 e. The molecule has 0 spiro atoms. The van der Waals surface area contributed by atoms with E-state index in [-0.39, 0.29) is 0 Å². The van der Waals surface area contributed by atoms with Gasteiger partial charge in [0.25, 0.3) is 0 Å². The highest BCUT2D eigenvalue weighted by Gasteiger charge is 2.16. The van der Waals surface area contributed by atoms with Crippen LogP contribution in [0.1, 0.15) is 31.9 Å². The Labute approximate surface area is 199 Å². The third kappa shape index (κ3) is 7.14. The standard InChI is InChI=1S/C24H29ClN4O2S/c1-24(2,3)31-23(30)27-13-10-16-14-18(25)8-9-20(16)29-22(32)26-12-11-17-15-28-21-7-5-4-6-19(17)21/h4-9,14-15,28H,10-13H2,1-3H3,(H,27,30)(H2,26,29,32). The maximum atomic E-state index is 11.9. The molecule has 8 heteroatoms. The molecule has 0 radical (unpaired) electrons. The third-order valence-corrected chi connectivity index (χ3v) is 5.21. The topological polar surface area (TPSA) is 78.2 Å². The Morgan fingerprint density at radius 3 is 2.56 bits per heavy atom. The van der Waals surface area contributed by atoms with Crippen molar-refractivity contribution in [3.63, 3.8) is 0 Å². The zero-order chi connectivity index (χ0) is 23.1. The Balaban J connectivity index is 1.51. The Kier molecular flexibility index (Phi) is 7.99. The summed E-state index contributed by atoms with van der Waals surface area (Å²) in [6.07, 6.45) is 3.03. The van der Waals surface area contributed by atoms with Gasteiger partial charge in [0, 0.05) is 40.9 Å². The summed E-state index contributed by atoms with van der Waals surface area (Å²) >= 11 is 11.7. The van der Waals surface area contributed by atoms with Crippen molar-refractivity contribution in [2.45, 2.75) is 39.2 Å². The van der Waals surface area contributed by atoms with Gasteiger partial charge in [0.1, 0.15) is 5.60 Å². The lowest BCUT2D eigenvalue weighted by molar-refractivity contribution is 0.0528. The molecule has 6 nitrogen and oxygen atoms in total. The normalized spacial score (nSPS) is 11.2. The summed E-state index contributed by atoms with van der Waals surface area (Å²) in [6, 6.07) is 13.8. The van der Waals surface area contributed by atoms with E-state index in [0.717, 1.165) is 23.2 Å². The predicted octanol–water partition coefficient (Wildman–Crippen LogP) is 5.42. The molecular weight excluding hydrogens is 444 g/mol. The number of anilines is 1. The van der Waals surface area contributed by atoms with Gasteiger partial charge in [0.2, 0.25) is 0 Å². The lowest BCUT2D eigenvalue weighted by Crippen LogP contribution is -2.34. The number of alkyl carbamates (subject to hydrolysis) is 1. The second-order valence-electron chi connectivity index (χ2n) is 8.47. The molecule has 3 rings (SSSR count). The maximum Gasteiger partial charge on any atom is 0.407 e. The number of para-hydroxylation sites is 1. The SMILES string of the molecule is CC(C)(C)OC(=O)NCCc1cc(Cl)ccc1NC(=S)NCCc1c[nH]c2ccccc12. The van der Waals surface area contributed by atoms with E-state index in [2.05, 4.69) is 33.1 Å². The molecule has 1 aromatic heterocycles. The highest BCUT2D eigenvalue weighted by atomic mass is 35.5. The van der Waals surface area contributed by atoms with E-state index in [1.807, 2.05) is 57.3 Å². The van der Waals surface area contributed by atoms with Crippen molar-refractivity contribution in [2.24, 2.45) is 0 Å². The summed E-state index contributed by atoms with van der Waals surface area (Å²) in [5.41, 5.74) is 3.65. The third-order valence-electron chi connectivity index (χ3n) is 4.73. The quantitative estimate of drug-likeness (QED) is 0.345. The molecule has 3 aromatic rings. The summed E-state index contributed by atoms with van der Waals surface area (Å²) in [6.45, 7) is 6.62. The van der Waals surface area contributed by atoms with Crippen molar-refractivity contribution < 1.29 is 9.53 Å². The first-order valence-corrected chi connectivity index (χ1v) is 11.3. The molecule has 0 aliphatic rings. The van der Waals surface area contributed by atoms with Gasteiger partial charge in [-0.3, -0.25) is 0 Å². The molecule has 0 fully saturated rings. The van der Waals surface area contributed by atoms with E-state index in [0.29, 0.717) is 29.6 Å². The van der Waals surface area contributed by atoms with Gasteiger partial charge in [-0.25, -0.2) is 4.79 Å². The predicted molar refractivity (Wildman–Crippen MR) is 136 cm³/mol. The molecule has 0 saturated heterocycles. The van der Waals surface area contributed by atoms with Crippen LogP contribution in [0.4, 0.5) is 10.5 Å². The zero-order valence-corrected chi connectivity index (χ0v) is 20.1. The summed E-state index contributed by atoms with van der Waals surface area (Å²) in [5.74, 6) is 0. The zero-order valence-electron chi connectivity index (χ0n) is 18.5. The van der Waals surface area contributed by atoms with E-state index < -0.39 is 11.7 Å². The highest BCUT2D eigenvalue weighted by Crippen LogP contribution is 2.21. The molecule has 1 heterocycles. The van der Waals surface area contributed by atoms with Crippen molar-refractivity contribution in [3.8, 4) is 0 Å². The van der Waals surface area contributed by atoms with Crippen LogP contribution in [0.15, 0.2) is 48.7 Å². The number of carbonyl (C=O) groups is 1. The number of amides is 1. The van der Waals surface area contributed by atoms with Gasteiger partial charge < -0.3 is 25.7 Å². The van der Waals surface area contributed by atoms with Crippen LogP contribution >= 0.6 is 23.8 Å². The molecule has 0 aliphatic heterocycles. The number of H-pyrrole nitrogens is 1. The van der Waals surface area contributed by atoms with Crippen molar-refractivity contribution >= 4 is 51.6 Å². The summed E-state index contributed by atoms with van der Waals surface area (Å²) in [7, 11) is 0. The molecular formula is C24H29ClN4O2S. The number of hydrogen-bond acceptors (Lipinski definition) is 3. The van der Waals surface area contributed by atoms with Crippen LogP contribution in [0.2, 0.25) is 5.02 Å². The van der Waals surface area contributed by atoms with E-state index in [1.54, 1.807) is 0 Å². The molecule has 0 atom stereocenters. The first-order valence-electron chi connectivity index (χ1n) is 10.6. The van der Waals surface area contributed by atoms with Crippen molar-refractivity contribution in [3.05, 3.63) is 64.8 Å². The van der Waals surface area contributed by atoms with Crippen LogP contribution in [0.3, 0.4) is 0 Å². The average Bonchev–Trinajstić information content (AvgIpc) is 3.12. The number of aromatic amines is 1. The van der Waals surface area contributed by atoms with Crippen molar-refractivity contribution in [2.75, 3.05) is 18.4 Å². The van der Waals surface area contributed by atoms with Crippen LogP contribution in [0.25, 0.3) is 10.9 Å². The fourth-order valence-electron chi connectivity index (χ4n) is 3.32. The van der Waals surface area contributed by atoms with Crippen LogP contribution in [0, 0.1) is 0 Å². The number of halogens is 1. The largest absolute Gasteiger partial charge is 0.444 e. The van der Waals surface area contributed by atoms with Crippen LogP contribution in [0.5, 0.6) is 0 Å². The first kappa shape index (κ1) is 23.9. The second kappa shape index (κ2) is 10.7. The number of ether oxygens (including phenoxy) is 1. The molecule has 0 saturated carbocycles. The number of hydrogen-bond donors (Lipinski definition) is 4. The van der Waals surface area contributed by atoms with E-state index >= 15 is 0 Å². The first-order chi connectivity index (χ1) is 15.2. The van der Waals surface area contributed by atoms with Gasteiger partial charge in [-0.2, -0.15) is 0 Å². The number of aromatic nitrogens is 1. The fourth-order valence-corrected chi connectivity index (χ4v) is 3.73. The number of fused-ring (bicyclic) bond motifs is 1. The van der Waals surface area contributed by atoms with Gasteiger partial charge in [0.15, 0.2) is 5.11 Å². The molecule has 32 heavy (non-hydrogen) atoms. The smallest absolute Gasteiger partial charge is 0.407 e. The maximum absolute atomic E-state index is 11.9. The van der Waals surface area contributed by atoms with Crippen LogP contribution < -0.4 is 16.0 Å². The van der Waals surface area contributed by atoms with Crippen molar-refractivity contribution in [1.29, 1.82) is 0 Å². The van der Waals surface area contributed by atoms with Crippen molar-refractivity contribution in [1.82, 2.24) is 15.6 Å². The minimum atomic E-state index is -0.530. The number of benzene rings is 2. The average molecular weight is 473 g/mol. The van der Waals surface area contributed by atoms with E-state index in [9.17, 15) is 4.79 Å². The second-order valence-corrected chi connectivity index (χ2v) is 9.32. The molecule has 2 aromatic carbocycles. The van der Waals surface area contributed by atoms with Gasteiger partial charge in [-0.1, -0.05) is 29.8 Å². The number of nitrogens with one attached hydrogen (secondary N) is 4. The number of rotatable bonds is 7. The Bertz CT molecular complexity index is 1090. The lowest BCUT2D eigenvalue weighted by Gasteiger charge is -2.20. The van der Waals surface area contributed by atoms with Crippen LogP contribution in [-0.4, -0.2) is 34.9 Å². The van der Waals surface area contributed by atoms with Gasteiger partial charge in [-0.05, 0) is 81.2 Å². The Hall–Kier alpha value is -2.77. The summed E-state index contributed by atoms with van der Waals surface area (Å²) in [4.78, 5) is 15.2. The number of carbonyl (C=O) groups excluding carboxylic acids is 1. The molecule has 170 valence electrons. The van der Waals surface area contributed by atoms with E-state index in [4.69, 9.17) is 28.6 Å². The van der Waals surface area contributed by atoms with Gasteiger partial charge >= 0.3 is 6.09 Å². The minimum absolute atomic E-state index is 0.421. The lowest BCUT2D eigenvalue weighted by atomic mass is 10.1. The molecule has 0 aliphatic carbocycles. The van der Waals surface area contributed by atoms with Gasteiger partial charge in [-0.15, -0.1) is 0 Å². The molecule has 1 amide bonds. The molecule has 0 bridgehead atoms. The summed E-state index contributed by atoms with van der Waals surface area (Å²) < 4.78 is 5.27. The Morgan fingerprint density at radius 2 is 1.78 bits per heavy atom. The molecule has 4 N–H and O–H groups in total. The van der Waals surface area contributed by atoms with Crippen LogP contribution in [-0.2, 0) is 17.6 Å².